The third kappa shape index (κ3) is 5.71. The molecule has 0 radical (unpaired) electrons. The van der Waals surface area contributed by atoms with E-state index in [9.17, 15) is 22.8 Å². The summed E-state index contributed by atoms with van der Waals surface area (Å²) >= 11 is 1.31. The third-order valence-corrected chi connectivity index (χ3v) is 7.93. The molecular weight excluding hydrogens is 440 g/mol. The fraction of sp³-hybridized carbons (Fsp3) is 0.381. The molecule has 1 aromatic carbocycles. The number of carbonyl (C=O) groups excluding carboxylic acids is 3. The van der Waals surface area contributed by atoms with E-state index in [1.165, 1.54) is 23.5 Å². The number of hydrogen-bond acceptors (Lipinski definition) is 7. The molecule has 1 aliphatic carbocycles. The van der Waals surface area contributed by atoms with Gasteiger partial charge in [-0.3, -0.25) is 14.4 Å². The predicted molar refractivity (Wildman–Crippen MR) is 117 cm³/mol. The van der Waals surface area contributed by atoms with Crippen LogP contribution in [0.1, 0.15) is 45.6 Å². The van der Waals surface area contributed by atoms with Gasteiger partial charge in [-0.1, -0.05) is 17.7 Å². The molecule has 0 saturated heterocycles. The van der Waals surface area contributed by atoms with Gasteiger partial charge in [0.2, 0.25) is 0 Å². The highest BCUT2D eigenvalue weighted by Gasteiger charge is 2.25. The molecule has 0 aliphatic heterocycles. The molecule has 0 bridgehead atoms. The summed E-state index contributed by atoms with van der Waals surface area (Å²) in [6.07, 6.45) is 3.18. The number of esters is 1. The topological polar surface area (TPSA) is 133 Å². The molecule has 3 rings (SSSR count). The lowest BCUT2D eigenvalue weighted by molar-refractivity contribution is -0.146. The average molecular weight is 465 g/mol. The van der Waals surface area contributed by atoms with Gasteiger partial charge in [0.1, 0.15) is 5.00 Å². The van der Waals surface area contributed by atoms with E-state index in [0.29, 0.717) is 10.6 Å². The Bertz CT molecular complexity index is 1100. The molecule has 0 fully saturated rings. The van der Waals surface area contributed by atoms with E-state index in [0.717, 1.165) is 41.7 Å². The summed E-state index contributed by atoms with van der Waals surface area (Å²) in [5.41, 5.74) is 7.63. The van der Waals surface area contributed by atoms with Crippen molar-refractivity contribution in [2.45, 2.75) is 43.9 Å². The molecular formula is C21H24N2O6S2. The zero-order valence-electron chi connectivity index (χ0n) is 17.1. The van der Waals surface area contributed by atoms with Crippen molar-refractivity contribution in [3.63, 3.8) is 0 Å². The molecule has 0 atom stereocenters. The smallest absolute Gasteiger partial charge is 0.307 e. The average Bonchev–Trinajstić information content (AvgIpc) is 3.09. The van der Waals surface area contributed by atoms with E-state index in [-0.39, 0.29) is 11.3 Å². The molecule has 1 heterocycles. The van der Waals surface area contributed by atoms with Gasteiger partial charge in [-0.2, -0.15) is 0 Å². The summed E-state index contributed by atoms with van der Waals surface area (Å²) in [7, 11) is -3.63. The van der Waals surface area contributed by atoms with Crippen molar-refractivity contribution in [2.24, 2.45) is 5.73 Å². The molecule has 1 aromatic heterocycles. The van der Waals surface area contributed by atoms with Crippen molar-refractivity contribution in [3.8, 4) is 0 Å². The van der Waals surface area contributed by atoms with E-state index in [2.05, 4.69) is 5.32 Å². The lowest BCUT2D eigenvalue weighted by Gasteiger charge is -2.11. The van der Waals surface area contributed by atoms with E-state index in [1.54, 1.807) is 12.1 Å². The Kier molecular flexibility index (Phi) is 7.11. The highest BCUT2D eigenvalue weighted by molar-refractivity contribution is 7.91. The summed E-state index contributed by atoms with van der Waals surface area (Å²) in [6, 6.07) is 6.33. The highest BCUT2D eigenvalue weighted by atomic mass is 32.2. The molecule has 10 heteroatoms. The minimum atomic E-state index is -3.63. The number of hydrogen-bond donors (Lipinski definition) is 2. The highest BCUT2D eigenvalue weighted by Crippen LogP contribution is 2.37. The number of fused-ring (bicyclic) bond motifs is 1. The molecule has 31 heavy (non-hydrogen) atoms. The predicted octanol–water partition coefficient (Wildman–Crippen LogP) is 2.38. The maximum atomic E-state index is 12.3. The van der Waals surface area contributed by atoms with Gasteiger partial charge in [0.15, 0.2) is 16.4 Å². The maximum absolute atomic E-state index is 12.3. The zero-order chi connectivity index (χ0) is 22.6. The number of primary amides is 1. The molecule has 2 aromatic rings. The number of anilines is 1. The molecule has 1 aliphatic rings. The number of aryl methyl sites for hydroxylation is 2. The molecule has 0 unspecified atom stereocenters. The first-order valence-electron chi connectivity index (χ1n) is 9.86. The summed E-state index contributed by atoms with van der Waals surface area (Å²) < 4.78 is 29.5. The molecule has 0 saturated carbocycles. The third-order valence-electron chi connectivity index (χ3n) is 4.99. The summed E-state index contributed by atoms with van der Waals surface area (Å²) in [6.45, 7) is 1.26. The van der Waals surface area contributed by atoms with Crippen molar-refractivity contribution >= 4 is 44.0 Å². The second-order valence-electron chi connectivity index (χ2n) is 7.37. The Labute approximate surface area is 184 Å². The van der Waals surface area contributed by atoms with Crippen molar-refractivity contribution in [3.05, 3.63) is 45.8 Å². The monoisotopic (exact) mass is 464 g/mol. The standard InChI is InChI=1S/C21H24N2O6S2/c1-13-6-8-14(9-7-13)31(27,28)11-10-18(25)29-12-17(24)23-21-19(20(22)26)15-4-2-3-5-16(15)30-21/h6-9H,2-5,10-12H2,1H3,(H2,22,26)(H,23,24). The quantitative estimate of drug-likeness (QED) is 0.577. The Balaban J connectivity index is 1.53. The number of nitrogens with two attached hydrogens (primary N) is 1. The van der Waals surface area contributed by atoms with Gasteiger partial charge in [-0.05, 0) is 50.3 Å². The number of nitrogens with one attached hydrogen (secondary N) is 1. The zero-order valence-corrected chi connectivity index (χ0v) is 18.7. The number of benzene rings is 1. The van der Waals surface area contributed by atoms with Gasteiger partial charge < -0.3 is 15.8 Å². The Morgan fingerprint density at radius 1 is 1.13 bits per heavy atom. The first-order valence-corrected chi connectivity index (χ1v) is 12.3. The van der Waals surface area contributed by atoms with Crippen LogP contribution in [0.5, 0.6) is 0 Å². The number of amides is 2. The number of carbonyl (C=O) groups is 3. The fourth-order valence-corrected chi connectivity index (χ4v) is 5.91. The minimum Gasteiger partial charge on any atom is -0.456 e. The first-order chi connectivity index (χ1) is 14.7. The van der Waals surface area contributed by atoms with Crippen molar-refractivity contribution in [1.29, 1.82) is 0 Å². The van der Waals surface area contributed by atoms with Gasteiger partial charge in [0, 0.05) is 4.88 Å². The first kappa shape index (κ1) is 23.0. The van der Waals surface area contributed by atoms with Crippen molar-refractivity contribution < 1.29 is 27.5 Å². The number of ether oxygens (including phenoxy) is 1. The summed E-state index contributed by atoms with van der Waals surface area (Å²) in [5, 5.41) is 2.95. The van der Waals surface area contributed by atoms with Crippen molar-refractivity contribution in [2.75, 3.05) is 17.7 Å². The normalized spacial score (nSPS) is 13.3. The van der Waals surface area contributed by atoms with Gasteiger partial charge in [0.25, 0.3) is 11.8 Å². The Hall–Kier alpha value is -2.72. The number of sulfone groups is 1. The Morgan fingerprint density at radius 2 is 1.81 bits per heavy atom. The van der Waals surface area contributed by atoms with Crippen LogP contribution in [0.4, 0.5) is 5.00 Å². The van der Waals surface area contributed by atoms with Crippen LogP contribution < -0.4 is 11.1 Å². The lowest BCUT2D eigenvalue weighted by Crippen LogP contribution is -2.23. The second-order valence-corrected chi connectivity index (χ2v) is 10.6. The SMILES string of the molecule is Cc1ccc(S(=O)(=O)CCC(=O)OCC(=O)Nc2sc3c(c2C(N)=O)CCCC3)cc1. The van der Waals surface area contributed by atoms with Gasteiger partial charge >= 0.3 is 5.97 Å². The second kappa shape index (κ2) is 9.61. The Morgan fingerprint density at radius 3 is 2.48 bits per heavy atom. The van der Waals surface area contributed by atoms with E-state index < -0.39 is 40.0 Å². The van der Waals surface area contributed by atoms with E-state index in [4.69, 9.17) is 10.5 Å². The van der Waals surface area contributed by atoms with Crippen LogP contribution >= 0.6 is 11.3 Å². The van der Waals surface area contributed by atoms with Crippen LogP contribution in [-0.4, -0.2) is 38.6 Å². The largest absolute Gasteiger partial charge is 0.456 e. The fourth-order valence-electron chi connectivity index (χ4n) is 3.38. The van der Waals surface area contributed by atoms with Crippen LogP contribution in [-0.2, 0) is 37.0 Å². The summed E-state index contributed by atoms with van der Waals surface area (Å²) in [4.78, 5) is 37.2. The molecule has 166 valence electrons. The lowest BCUT2D eigenvalue weighted by atomic mass is 9.95. The summed E-state index contributed by atoms with van der Waals surface area (Å²) in [5.74, 6) is -2.43. The van der Waals surface area contributed by atoms with Gasteiger partial charge in [-0.15, -0.1) is 11.3 Å². The van der Waals surface area contributed by atoms with Crippen LogP contribution in [0.15, 0.2) is 29.2 Å². The number of rotatable bonds is 8. The van der Waals surface area contributed by atoms with Crippen LogP contribution in [0, 0.1) is 6.92 Å². The van der Waals surface area contributed by atoms with Crippen LogP contribution in [0.25, 0.3) is 0 Å². The van der Waals surface area contributed by atoms with Crippen molar-refractivity contribution in [1.82, 2.24) is 0 Å². The number of thiophene rings is 1. The van der Waals surface area contributed by atoms with Crippen LogP contribution in [0.2, 0.25) is 0 Å². The minimum absolute atomic E-state index is 0.129. The van der Waals surface area contributed by atoms with Crippen LogP contribution in [0.3, 0.4) is 0 Å². The van der Waals surface area contributed by atoms with E-state index in [1.807, 2.05) is 6.92 Å². The van der Waals surface area contributed by atoms with E-state index >= 15 is 0 Å². The van der Waals surface area contributed by atoms with Gasteiger partial charge in [-0.25, -0.2) is 8.42 Å². The molecule has 8 nitrogen and oxygen atoms in total. The maximum Gasteiger partial charge on any atom is 0.307 e. The molecule has 3 N–H and O–H groups in total. The van der Waals surface area contributed by atoms with Gasteiger partial charge in [0.05, 0.1) is 22.6 Å². The molecule has 2 amide bonds. The molecule has 0 spiro atoms.